The van der Waals surface area contributed by atoms with Gasteiger partial charge in [0.15, 0.2) is 0 Å². The van der Waals surface area contributed by atoms with E-state index in [0.717, 1.165) is 17.2 Å². The van der Waals surface area contributed by atoms with Crippen LogP contribution >= 0.6 is 0 Å². The van der Waals surface area contributed by atoms with Gasteiger partial charge in [0, 0.05) is 24.3 Å². The summed E-state index contributed by atoms with van der Waals surface area (Å²) in [7, 11) is -3.88. The molecule has 1 aliphatic heterocycles. The fourth-order valence-corrected chi connectivity index (χ4v) is 4.80. The number of hydrogen-bond acceptors (Lipinski definition) is 4. The molecule has 4 rings (SSSR count). The summed E-state index contributed by atoms with van der Waals surface area (Å²) in [6, 6.07) is 16.8. The Balaban J connectivity index is 1.42. The Kier molecular flexibility index (Phi) is 6.20. The molecule has 1 aliphatic rings. The molecule has 0 unspecified atom stereocenters. The monoisotopic (exact) mass is 466 g/mol. The number of aromatic hydroxyl groups is 1. The predicted octanol–water partition coefficient (Wildman–Crippen LogP) is 4.57. The minimum atomic E-state index is -3.88. The van der Waals surface area contributed by atoms with Gasteiger partial charge in [-0.3, -0.25) is 9.52 Å². The van der Waals surface area contributed by atoms with Crippen LogP contribution in [0.15, 0.2) is 77.7 Å². The fraction of sp³-hybridized carbons (Fsp3) is 0.160. The highest BCUT2D eigenvalue weighted by atomic mass is 32.2. The van der Waals surface area contributed by atoms with Gasteiger partial charge in [-0.25, -0.2) is 12.8 Å². The van der Waals surface area contributed by atoms with E-state index in [1.807, 2.05) is 18.2 Å². The van der Waals surface area contributed by atoms with E-state index in [9.17, 15) is 22.7 Å². The van der Waals surface area contributed by atoms with Crippen molar-refractivity contribution in [2.75, 3.05) is 17.8 Å². The van der Waals surface area contributed by atoms with Crippen LogP contribution in [0.2, 0.25) is 0 Å². The van der Waals surface area contributed by atoms with Crippen molar-refractivity contribution in [1.82, 2.24) is 4.90 Å². The second-order valence-corrected chi connectivity index (χ2v) is 9.55. The number of phenols is 1. The molecule has 1 amide bonds. The molecule has 0 spiro atoms. The lowest BCUT2D eigenvalue weighted by Crippen LogP contribution is -2.34. The molecular weight excluding hydrogens is 443 g/mol. The maximum atomic E-state index is 13.4. The Bertz CT molecular complexity index is 1320. The van der Waals surface area contributed by atoms with Crippen LogP contribution in [0.4, 0.5) is 10.1 Å². The highest BCUT2D eigenvalue weighted by molar-refractivity contribution is 7.92. The van der Waals surface area contributed by atoms with Gasteiger partial charge in [0.2, 0.25) is 0 Å². The SMILES string of the molecule is Cc1cc(S(=O)(=O)Nc2ccc(C(=O)N3CC=C(c4ccc(O)cc4)CC3)cc2)ccc1F. The van der Waals surface area contributed by atoms with E-state index >= 15 is 0 Å². The molecule has 0 radical (unpaired) electrons. The fourth-order valence-electron chi connectivity index (χ4n) is 3.65. The standard InChI is InChI=1S/C25H23FN2O4S/c1-17-16-23(10-11-24(17)26)33(31,32)27-21-6-2-20(3-7-21)25(30)28-14-12-19(13-15-28)18-4-8-22(29)9-5-18/h2-12,16,27,29H,13-15H2,1H3. The summed E-state index contributed by atoms with van der Waals surface area (Å²) in [6.45, 7) is 2.52. The average Bonchev–Trinajstić information content (AvgIpc) is 2.81. The number of benzene rings is 3. The number of carbonyl (C=O) groups excluding carboxylic acids is 1. The third-order valence-corrected chi connectivity index (χ3v) is 6.94. The van der Waals surface area contributed by atoms with Gasteiger partial charge in [-0.2, -0.15) is 0 Å². The van der Waals surface area contributed by atoms with Crippen LogP contribution in [0, 0.1) is 12.7 Å². The second kappa shape index (κ2) is 9.07. The summed E-state index contributed by atoms with van der Waals surface area (Å²) in [6.07, 6.45) is 2.70. The highest BCUT2D eigenvalue weighted by Gasteiger charge is 2.20. The molecule has 0 saturated heterocycles. The van der Waals surface area contributed by atoms with Gasteiger partial charge in [-0.15, -0.1) is 0 Å². The van der Waals surface area contributed by atoms with Crippen LogP contribution in [0.1, 0.15) is 27.9 Å². The van der Waals surface area contributed by atoms with E-state index in [2.05, 4.69) is 4.72 Å². The first-order valence-corrected chi connectivity index (χ1v) is 11.9. The highest BCUT2D eigenvalue weighted by Crippen LogP contribution is 2.25. The van der Waals surface area contributed by atoms with Gasteiger partial charge in [0.05, 0.1) is 4.90 Å². The molecule has 0 aromatic heterocycles. The van der Waals surface area contributed by atoms with Crippen LogP contribution < -0.4 is 4.72 Å². The number of phenolic OH excluding ortho intramolecular Hbond substituents is 1. The Morgan fingerprint density at radius 3 is 2.33 bits per heavy atom. The Labute approximate surface area is 192 Å². The maximum Gasteiger partial charge on any atom is 0.261 e. The smallest absolute Gasteiger partial charge is 0.261 e. The number of anilines is 1. The minimum Gasteiger partial charge on any atom is -0.508 e. The quantitative estimate of drug-likeness (QED) is 0.577. The molecule has 0 atom stereocenters. The number of sulfonamides is 1. The number of carbonyl (C=O) groups is 1. The van der Waals surface area contributed by atoms with Crippen LogP contribution in [-0.2, 0) is 10.0 Å². The molecule has 2 N–H and O–H groups in total. The molecule has 33 heavy (non-hydrogen) atoms. The Hall–Kier alpha value is -3.65. The van der Waals surface area contributed by atoms with Gasteiger partial charge in [0.25, 0.3) is 15.9 Å². The Morgan fingerprint density at radius 1 is 1.03 bits per heavy atom. The second-order valence-electron chi connectivity index (χ2n) is 7.87. The number of amides is 1. The van der Waals surface area contributed by atoms with Crippen LogP contribution in [0.25, 0.3) is 5.57 Å². The first-order chi connectivity index (χ1) is 15.7. The van der Waals surface area contributed by atoms with Gasteiger partial charge in [-0.1, -0.05) is 18.2 Å². The zero-order valence-corrected chi connectivity index (χ0v) is 18.8. The minimum absolute atomic E-state index is 0.0360. The number of hydrogen-bond donors (Lipinski definition) is 2. The summed E-state index contributed by atoms with van der Waals surface area (Å²) < 4.78 is 41.0. The molecule has 0 saturated carbocycles. The molecule has 6 nitrogen and oxygen atoms in total. The molecule has 3 aromatic rings. The average molecular weight is 467 g/mol. The van der Waals surface area contributed by atoms with E-state index < -0.39 is 15.8 Å². The molecule has 0 aliphatic carbocycles. The summed E-state index contributed by atoms with van der Waals surface area (Å²) in [4.78, 5) is 14.6. The van der Waals surface area contributed by atoms with Crippen LogP contribution in [0.3, 0.4) is 0 Å². The first kappa shape index (κ1) is 22.5. The van der Waals surface area contributed by atoms with Crippen molar-refractivity contribution in [3.63, 3.8) is 0 Å². The molecule has 170 valence electrons. The van der Waals surface area contributed by atoms with Crippen molar-refractivity contribution >= 4 is 27.2 Å². The normalized spacial score (nSPS) is 14.0. The zero-order chi connectivity index (χ0) is 23.6. The largest absolute Gasteiger partial charge is 0.508 e. The number of aryl methyl sites for hydroxylation is 1. The molecule has 0 bridgehead atoms. The van der Waals surface area contributed by atoms with E-state index in [-0.39, 0.29) is 22.1 Å². The van der Waals surface area contributed by atoms with Crippen molar-refractivity contribution in [3.05, 3.63) is 95.3 Å². The van der Waals surface area contributed by atoms with Crippen molar-refractivity contribution in [2.24, 2.45) is 0 Å². The molecule has 3 aromatic carbocycles. The van der Waals surface area contributed by atoms with Crippen molar-refractivity contribution < 1.29 is 22.7 Å². The van der Waals surface area contributed by atoms with E-state index in [4.69, 9.17) is 0 Å². The molecule has 8 heteroatoms. The number of nitrogens with zero attached hydrogens (tertiary/aromatic N) is 1. The molecule has 1 heterocycles. The summed E-state index contributed by atoms with van der Waals surface area (Å²) >= 11 is 0. The van der Waals surface area contributed by atoms with Gasteiger partial charge in [-0.05, 0) is 84.6 Å². The van der Waals surface area contributed by atoms with Crippen molar-refractivity contribution in [1.29, 1.82) is 0 Å². The lowest BCUT2D eigenvalue weighted by atomic mass is 9.99. The lowest BCUT2D eigenvalue weighted by molar-refractivity contribution is 0.0773. The molecular formula is C25H23FN2O4S. The number of halogens is 1. The lowest BCUT2D eigenvalue weighted by Gasteiger charge is -2.27. The van der Waals surface area contributed by atoms with Crippen LogP contribution in [-0.4, -0.2) is 37.4 Å². The van der Waals surface area contributed by atoms with E-state index in [1.54, 1.807) is 29.2 Å². The van der Waals surface area contributed by atoms with E-state index in [0.29, 0.717) is 30.8 Å². The van der Waals surface area contributed by atoms with E-state index in [1.165, 1.54) is 31.2 Å². The maximum absolute atomic E-state index is 13.4. The van der Waals surface area contributed by atoms with Gasteiger partial charge < -0.3 is 10.0 Å². The first-order valence-electron chi connectivity index (χ1n) is 10.4. The number of nitrogens with one attached hydrogen (secondary N) is 1. The third-order valence-electron chi connectivity index (χ3n) is 5.56. The zero-order valence-electron chi connectivity index (χ0n) is 18.0. The van der Waals surface area contributed by atoms with Crippen LogP contribution in [0.5, 0.6) is 5.75 Å². The third kappa shape index (κ3) is 5.06. The van der Waals surface area contributed by atoms with Gasteiger partial charge >= 0.3 is 0 Å². The van der Waals surface area contributed by atoms with Gasteiger partial charge in [0.1, 0.15) is 11.6 Å². The summed E-state index contributed by atoms with van der Waals surface area (Å²) in [5.41, 5.74) is 3.15. The molecule has 0 fully saturated rings. The topological polar surface area (TPSA) is 86.7 Å². The number of rotatable bonds is 5. The summed E-state index contributed by atoms with van der Waals surface area (Å²) in [5.74, 6) is -0.399. The summed E-state index contributed by atoms with van der Waals surface area (Å²) in [5, 5.41) is 9.43. The van der Waals surface area contributed by atoms with Crippen molar-refractivity contribution in [2.45, 2.75) is 18.2 Å². The Morgan fingerprint density at radius 2 is 1.73 bits per heavy atom. The predicted molar refractivity (Wildman–Crippen MR) is 125 cm³/mol. The van der Waals surface area contributed by atoms with Crippen molar-refractivity contribution in [3.8, 4) is 5.75 Å².